The lowest BCUT2D eigenvalue weighted by Gasteiger charge is -2.20. The Morgan fingerprint density at radius 1 is 1.05 bits per heavy atom. The van der Waals surface area contributed by atoms with E-state index in [1.165, 1.54) is 5.56 Å². The minimum absolute atomic E-state index is 0.146. The second-order valence-electron chi connectivity index (χ2n) is 5.49. The van der Waals surface area contributed by atoms with Gasteiger partial charge in [0.25, 0.3) is 0 Å². The van der Waals surface area contributed by atoms with Gasteiger partial charge in [-0.25, -0.2) is 0 Å². The van der Waals surface area contributed by atoms with Gasteiger partial charge in [0.15, 0.2) is 0 Å². The first-order valence-corrected chi connectivity index (χ1v) is 7.63. The number of benzene rings is 2. The summed E-state index contributed by atoms with van der Waals surface area (Å²) in [6, 6.07) is 19.8. The Morgan fingerprint density at radius 2 is 1.64 bits per heavy atom. The van der Waals surface area contributed by atoms with Crippen LogP contribution in [-0.2, 0) is 4.79 Å². The van der Waals surface area contributed by atoms with Gasteiger partial charge in [-0.3, -0.25) is 4.79 Å². The fourth-order valence-corrected chi connectivity index (χ4v) is 2.26. The molecule has 0 aliphatic rings. The van der Waals surface area contributed by atoms with Gasteiger partial charge in [0.2, 0.25) is 5.91 Å². The molecule has 0 aliphatic carbocycles. The molecule has 0 bridgehead atoms. The third-order valence-electron chi connectivity index (χ3n) is 3.71. The number of amides is 1. The normalized spacial score (nSPS) is 11.7. The Labute approximate surface area is 132 Å². The molecule has 0 saturated heterocycles. The lowest BCUT2D eigenvalue weighted by molar-refractivity contribution is -0.130. The Morgan fingerprint density at radius 3 is 2.27 bits per heavy atom. The maximum Gasteiger partial charge on any atom is 0.223 e. The third-order valence-corrected chi connectivity index (χ3v) is 3.71. The zero-order valence-electron chi connectivity index (χ0n) is 13.2. The molecule has 0 spiro atoms. The zero-order chi connectivity index (χ0) is 15.8. The van der Waals surface area contributed by atoms with E-state index in [9.17, 15) is 4.79 Å². The molecule has 2 rings (SSSR count). The van der Waals surface area contributed by atoms with E-state index < -0.39 is 0 Å². The summed E-state index contributed by atoms with van der Waals surface area (Å²) in [6.07, 6.45) is 0.520. The largest absolute Gasteiger partial charge is 0.492 e. The first-order chi connectivity index (χ1) is 10.7. The van der Waals surface area contributed by atoms with Gasteiger partial charge in [-0.2, -0.15) is 0 Å². The molecule has 3 heteroatoms. The standard InChI is InChI=1S/C19H23NO2/c1-16(17-9-5-3-6-10-17)15-19(21)20(2)13-14-22-18-11-7-4-8-12-18/h3-12,16H,13-15H2,1-2H3. The first kappa shape index (κ1) is 16.1. The molecule has 0 radical (unpaired) electrons. The lowest BCUT2D eigenvalue weighted by Crippen LogP contribution is -2.31. The van der Waals surface area contributed by atoms with E-state index >= 15 is 0 Å². The first-order valence-electron chi connectivity index (χ1n) is 7.63. The predicted molar refractivity (Wildman–Crippen MR) is 89.0 cm³/mol. The highest BCUT2D eigenvalue weighted by Gasteiger charge is 2.14. The smallest absolute Gasteiger partial charge is 0.223 e. The quantitative estimate of drug-likeness (QED) is 0.779. The molecular weight excluding hydrogens is 274 g/mol. The summed E-state index contributed by atoms with van der Waals surface area (Å²) in [5.41, 5.74) is 1.20. The van der Waals surface area contributed by atoms with Gasteiger partial charge in [0, 0.05) is 13.5 Å². The highest BCUT2D eigenvalue weighted by atomic mass is 16.5. The van der Waals surface area contributed by atoms with Crippen molar-refractivity contribution < 1.29 is 9.53 Å². The van der Waals surface area contributed by atoms with Crippen LogP contribution in [0, 0.1) is 0 Å². The predicted octanol–water partition coefficient (Wildman–Crippen LogP) is 3.72. The van der Waals surface area contributed by atoms with Crippen molar-refractivity contribution in [3.8, 4) is 5.75 Å². The molecule has 2 aromatic carbocycles. The molecule has 0 heterocycles. The molecule has 3 nitrogen and oxygen atoms in total. The van der Waals surface area contributed by atoms with Crippen molar-refractivity contribution >= 4 is 5.91 Å². The molecule has 0 fully saturated rings. The van der Waals surface area contributed by atoms with Crippen LogP contribution in [0.1, 0.15) is 24.8 Å². The van der Waals surface area contributed by atoms with E-state index in [0.717, 1.165) is 5.75 Å². The van der Waals surface area contributed by atoms with Crippen molar-refractivity contribution in [3.05, 3.63) is 66.2 Å². The van der Waals surface area contributed by atoms with Crippen LogP contribution in [0.5, 0.6) is 5.75 Å². The molecule has 2 aromatic rings. The van der Waals surface area contributed by atoms with E-state index in [4.69, 9.17) is 4.74 Å². The third kappa shape index (κ3) is 4.92. The number of hydrogen-bond acceptors (Lipinski definition) is 2. The molecule has 1 unspecified atom stereocenters. The van der Waals surface area contributed by atoms with Gasteiger partial charge in [-0.1, -0.05) is 55.5 Å². The number of para-hydroxylation sites is 1. The Balaban J connectivity index is 1.75. The van der Waals surface area contributed by atoms with Crippen LogP contribution in [-0.4, -0.2) is 31.0 Å². The van der Waals surface area contributed by atoms with Gasteiger partial charge in [0.05, 0.1) is 6.54 Å². The number of carbonyl (C=O) groups is 1. The van der Waals surface area contributed by atoms with Crippen molar-refractivity contribution in [2.24, 2.45) is 0 Å². The van der Waals surface area contributed by atoms with E-state index in [1.807, 2.05) is 55.6 Å². The molecule has 116 valence electrons. The summed E-state index contributed by atoms with van der Waals surface area (Å²) in [5.74, 6) is 1.21. The second kappa shape index (κ2) is 8.23. The monoisotopic (exact) mass is 297 g/mol. The number of nitrogens with zero attached hydrogens (tertiary/aromatic N) is 1. The molecule has 0 aliphatic heterocycles. The number of rotatable bonds is 7. The van der Waals surface area contributed by atoms with Crippen LogP contribution < -0.4 is 4.74 Å². The van der Waals surface area contributed by atoms with Gasteiger partial charge in [0.1, 0.15) is 12.4 Å². The highest BCUT2D eigenvalue weighted by Crippen LogP contribution is 2.19. The minimum atomic E-state index is 0.146. The number of likely N-dealkylation sites (N-methyl/N-ethyl adjacent to an activating group) is 1. The maximum atomic E-state index is 12.2. The fourth-order valence-electron chi connectivity index (χ4n) is 2.26. The topological polar surface area (TPSA) is 29.5 Å². The minimum Gasteiger partial charge on any atom is -0.492 e. The van der Waals surface area contributed by atoms with Crippen LogP contribution in [0.25, 0.3) is 0 Å². The SMILES string of the molecule is CC(CC(=O)N(C)CCOc1ccccc1)c1ccccc1. The van der Waals surface area contributed by atoms with Crippen molar-refractivity contribution in [1.29, 1.82) is 0 Å². The van der Waals surface area contributed by atoms with Gasteiger partial charge in [-0.15, -0.1) is 0 Å². The number of hydrogen-bond donors (Lipinski definition) is 0. The van der Waals surface area contributed by atoms with Crippen LogP contribution in [0.3, 0.4) is 0 Å². The Kier molecular flexibility index (Phi) is 6.01. The van der Waals surface area contributed by atoms with E-state index in [0.29, 0.717) is 19.6 Å². The summed E-state index contributed by atoms with van der Waals surface area (Å²) in [4.78, 5) is 14.0. The van der Waals surface area contributed by atoms with E-state index in [1.54, 1.807) is 4.90 Å². The molecule has 22 heavy (non-hydrogen) atoms. The number of carbonyl (C=O) groups excluding carboxylic acids is 1. The average Bonchev–Trinajstić information content (AvgIpc) is 2.56. The molecule has 0 N–H and O–H groups in total. The summed E-state index contributed by atoms with van der Waals surface area (Å²) < 4.78 is 5.62. The molecule has 1 amide bonds. The van der Waals surface area contributed by atoms with Crippen molar-refractivity contribution in [2.75, 3.05) is 20.2 Å². The van der Waals surface area contributed by atoms with Crippen molar-refractivity contribution in [2.45, 2.75) is 19.3 Å². The van der Waals surface area contributed by atoms with Gasteiger partial charge in [-0.05, 0) is 23.6 Å². The second-order valence-corrected chi connectivity index (χ2v) is 5.49. The van der Waals surface area contributed by atoms with E-state index in [2.05, 4.69) is 19.1 Å². The van der Waals surface area contributed by atoms with Crippen LogP contribution >= 0.6 is 0 Å². The molecular formula is C19H23NO2. The number of ether oxygens (including phenoxy) is 1. The molecule has 1 atom stereocenters. The van der Waals surface area contributed by atoms with E-state index in [-0.39, 0.29) is 11.8 Å². The summed E-state index contributed by atoms with van der Waals surface area (Å²) in [7, 11) is 1.83. The van der Waals surface area contributed by atoms with Crippen LogP contribution in [0.2, 0.25) is 0 Å². The van der Waals surface area contributed by atoms with Crippen molar-refractivity contribution in [3.63, 3.8) is 0 Å². The maximum absolute atomic E-state index is 12.2. The van der Waals surface area contributed by atoms with Gasteiger partial charge < -0.3 is 9.64 Å². The zero-order valence-corrected chi connectivity index (χ0v) is 13.2. The molecule has 0 saturated carbocycles. The summed E-state index contributed by atoms with van der Waals surface area (Å²) >= 11 is 0. The fraction of sp³-hybridized carbons (Fsp3) is 0.316. The lowest BCUT2D eigenvalue weighted by atomic mass is 9.97. The highest BCUT2D eigenvalue weighted by molar-refractivity contribution is 5.76. The van der Waals surface area contributed by atoms with Crippen molar-refractivity contribution in [1.82, 2.24) is 4.90 Å². The summed E-state index contributed by atoms with van der Waals surface area (Å²) in [6.45, 7) is 3.18. The van der Waals surface area contributed by atoms with Crippen LogP contribution in [0.4, 0.5) is 0 Å². The average molecular weight is 297 g/mol. The Bertz CT molecular complexity index is 569. The van der Waals surface area contributed by atoms with Gasteiger partial charge >= 0.3 is 0 Å². The molecule has 0 aromatic heterocycles. The summed E-state index contributed by atoms with van der Waals surface area (Å²) in [5, 5.41) is 0. The van der Waals surface area contributed by atoms with Crippen LogP contribution in [0.15, 0.2) is 60.7 Å². The Hall–Kier alpha value is -2.29.